The summed E-state index contributed by atoms with van der Waals surface area (Å²) in [6.07, 6.45) is 5.87. The minimum Gasteiger partial charge on any atom is -0.494 e. The number of hydrazine groups is 1. The van der Waals surface area contributed by atoms with Crippen LogP contribution in [0.2, 0.25) is 0 Å². The molecular formula is C20H25N3O5. The van der Waals surface area contributed by atoms with Crippen molar-refractivity contribution in [2.45, 2.75) is 32.6 Å². The molecule has 8 heteroatoms. The van der Waals surface area contributed by atoms with Crippen LogP contribution in [-0.4, -0.2) is 30.9 Å². The maximum atomic E-state index is 12.0. The zero-order chi connectivity index (χ0) is 20.2. The van der Waals surface area contributed by atoms with Gasteiger partial charge < -0.3 is 14.5 Å². The second-order valence-corrected chi connectivity index (χ2v) is 6.10. The summed E-state index contributed by atoms with van der Waals surface area (Å²) in [6.45, 7) is 2.50. The van der Waals surface area contributed by atoms with Crippen molar-refractivity contribution in [3.8, 4) is 5.75 Å². The first-order valence-corrected chi connectivity index (χ1v) is 9.24. The fourth-order valence-corrected chi connectivity index (χ4v) is 2.32. The van der Waals surface area contributed by atoms with E-state index in [4.69, 9.17) is 9.15 Å². The van der Waals surface area contributed by atoms with Gasteiger partial charge in [0.2, 0.25) is 0 Å². The predicted octanol–water partition coefficient (Wildman–Crippen LogP) is 2.43. The van der Waals surface area contributed by atoms with Gasteiger partial charge in [-0.1, -0.05) is 26.2 Å². The third-order valence-electron chi connectivity index (χ3n) is 3.85. The molecule has 28 heavy (non-hydrogen) atoms. The number of unbranched alkanes of at least 4 members (excludes halogenated alkanes) is 3. The zero-order valence-electron chi connectivity index (χ0n) is 15.8. The Morgan fingerprint density at radius 1 is 0.964 bits per heavy atom. The summed E-state index contributed by atoms with van der Waals surface area (Å²) < 4.78 is 10.5. The summed E-state index contributed by atoms with van der Waals surface area (Å²) >= 11 is 0. The number of ether oxygens (including phenoxy) is 1. The van der Waals surface area contributed by atoms with Crippen LogP contribution < -0.4 is 20.9 Å². The number of hydrogen-bond acceptors (Lipinski definition) is 5. The molecule has 0 atom stereocenters. The molecule has 8 nitrogen and oxygen atoms in total. The molecule has 0 saturated carbocycles. The molecule has 150 valence electrons. The first kappa shape index (κ1) is 21.0. The third-order valence-corrected chi connectivity index (χ3v) is 3.85. The fraction of sp³-hybridized carbons (Fsp3) is 0.350. The monoisotopic (exact) mass is 387 g/mol. The summed E-state index contributed by atoms with van der Waals surface area (Å²) in [5, 5.41) is 2.38. The minimum atomic E-state index is -0.569. The lowest BCUT2D eigenvalue weighted by Crippen LogP contribution is -2.46. The zero-order valence-corrected chi connectivity index (χ0v) is 15.8. The van der Waals surface area contributed by atoms with E-state index in [0.29, 0.717) is 17.9 Å². The number of furan rings is 1. The van der Waals surface area contributed by atoms with E-state index < -0.39 is 17.7 Å². The highest BCUT2D eigenvalue weighted by Gasteiger charge is 2.11. The van der Waals surface area contributed by atoms with E-state index in [-0.39, 0.29) is 12.3 Å². The van der Waals surface area contributed by atoms with E-state index in [9.17, 15) is 14.4 Å². The van der Waals surface area contributed by atoms with Gasteiger partial charge in [-0.2, -0.15) is 0 Å². The standard InChI is InChI=1S/C20H25N3O5/c1-2-3-4-5-12-27-16-10-8-15(9-11-16)19(25)23-22-18(24)14-21-20(26)17-7-6-13-28-17/h6-11,13H,2-5,12,14H2,1H3,(H,21,26)(H,22,24)(H,23,25). The lowest BCUT2D eigenvalue weighted by atomic mass is 10.2. The summed E-state index contributed by atoms with van der Waals surface area (Å²) in [5.41, 5.74) is 4.90. The Balaban J connectivity index is 1.67. The highest BCUT2D eigenvalue weighted by molar-refractivity contribution is 5.97. The number of amides is 3. The van der Waals surface area contributed by atoms with Gasteiger partial charge in [-0.05, 0) is 42.8 Å². The SMILES string of the molecule is CCCCCCOc1ccc(C(=O)NNC(=O)CNC(=O)c2ccco2)cc1. The normalized spacial score (nSPS) is 10.2. The van der Waals surface area contributed by atoms with Crippen LogP contribution in [0.3, 0.4) is 0 Å². The van der Waals surface area contributed by atoms with Gasteiger partial charge in [0.05, 0.1) is 19.4 Å². The third kappa shape index (κ3) is 7.14. The molecule has 3 N–H and O–H groups in total. The van der Waals surface area contributed by atoms with Crippen LogP contribution in [0.5, 0.6) is 5.75 Å². The van der Waals surface area contributed by atoms with Crippen molar-refractivity contribution >= 4 is 17.7 Å². The first-order valence-electron chi connectivity index (χ1n) is 9.24. The highest BCUT2D eigenvalue weighted by atomic mass is 16.5. The van der Waals surface area contributed by atoms with Crippen LogP contribution in [0, 0.1) is 0 Å². The second-order valence-electron chi connectivity index (χ2n) is 6.10. The number of hydrogen-bond donors (Lipinski definition) is 3. The Kier molecular flexibility index (Phi) is 8.58. The van der Waals surface area contributed by atoms with E-state index in [1.165, 1.54) is 25.2 Å². The maximum absolute atomic E-state index is 12.0. The Morgan fingerprint density at radius 3 is 2.43 bits per heavy atom. The molecule has 2 rings (SSSR count). The average molecular weight is 387 g/mol. The molecule has 0 aliphatic heterocycles. The van der Waals surface area contributed by atoms with Crippen molar-refractivity contribution in [3.05, 3.63) is 54.0 Å². The summed E-state index contributed by atoms with van der Waals surface area (Å²) in [6, 6.07) is 9.69. The van der Waals surface area contributed by atoms with E-state index in [0.717, 1.165) is 12.8 Å². The molecule has 1 heterocycles. The summed E-state index contributed by atoms with van der Waals surface area (Å²) in [5.74, 6) is -0.764. The fourth-order valence-electron chi connectivity index (χ4n) is 2.32. The number of nitrogens with one attached hydrogen (secondary N) is 3. The molecule has 0 unspecified atom stereocenters. The highest BCUT2D eigenvalue weighted by Crippen LogP contribution is 2.13. The Labute approximate surface area is 163 Å². The van der Waals surface area contributed by atoms with Crippen molar-refractivity contribution in [3.63, 3.8) is 0 Å². The van der Waals surface area contributed by atoms with Crippen LogP contribution in [0.25, 0.3) is 0 Å². The first-order chi connectivity index (χ1) is 13.6. The van der Waals surface area contributed by atoms with Crippen molar-refractivity contribution < 1.29 is 23.5 Å². The Hall–Kier alpha value is -3.29. The smallest absolute Gasteiger partial charge is 0.287 e. The van der Waals surface area contributed by atoms with Gasteiger partial charge >= 0.3 is 0 Å². The number of benzene rings is 1. The topological polar surface area (TPSA) is 110 Å². The van der Waals surface area contributed by atoms with E-state index in [1.54, 1.807) is 30.3 Å². The molecule has 0 radical (unpaired) electrons. The van der Waals surface area contributed by atoms with E-state index in [2.05, 4.69) is 23.1 Å². The van der Waals surface area contributed by atoms with Crippen molar-refractivity contribution in [2.24, 2.45) is 0 Å². The summed E-state index contributed by atoms with van der Waals surface area (Å²) in [4.78, 5) is 35.4. The van der Waals surface area contributed by atoms with Gasteiger partial charge in [-0.25, -0.2) is 0 Å². The van der Waals surface area contributed by atoms with Gasteiger partial charge in [-0.3, -0.25) is 25.2 Å². The minimum absolute atomic E-state index is 0.101. The molecule has 0 bridgehead atoms. The van der Waals surface area contributed by atoms with Gasteiger partial charge in [0.25, 0.3) is 17.7 Å². The van der Waals surface area contributed by atoms with Crippen molar-refractivity contribution in [1.82, 2.24) is 16.2 Å². The van der Waals surface area contributed by atoms with Crippen LogP contribution in [0.4, 0.5) is 0 Å². The Morgan fingerprint density at radius 2 is 1.75 bits per heavy atom. The van der Waals surface area contributed by atoms with Crippen LogP contribution >= 0.6 is 0 Å². The van der Waals surface area contributed by atoms with Crippen molar-refractivity contribution in [2.75, 3.05) is 13.2 Å². The van der Waals surface area contributed by atoms with Crippen molar-refractivity contribution in [1.29, 1.82) is 0 Å². The number of carbonyl (C=O) groups is 3. The van der Waals surface area contributed by atoms with Gasteiger partial charge in [0.1, 0.15) is 5.75 Å². The summed E-state index contributed by atoms with van der Waals surface area (Å²) in [7, 11) is 0. The predicted molar refractivity (Wildman–Crippen MR) is 103 cm³/mol. The van der Waals surface area contributed by atoms with E-state index in [1.807, 2.05) is 0 Å². The number of carbonyl (C=O) groups excluding carboxylic acids is 3. The Bertz CT molecular complexity index is 757. The molecule has 3 amide bonds. The average Bonchev–Trinajstić information content (AvgIpc) is 3.25. The van der Waals surface area contributed by atoms with Crippen LogP contribution in [-0.2, 0) is 4.79 Å². The van der Waals surface area contributed by atoms with Gasteiger partial charge in [0, 0.05) is 5.56 Å². The van der Waals surface area contributed by atoms with E-state index >= 15 is 0 Å². The largest absolute Gasteiger partial charge is 0.494 e. The molecule has 0 fully saturated rings. The van der Waals surface area contributed by atoms with Crippen LogP contribution in [0.1, 0.15) is 53.5 Å². The molecular weight excluding hydrogens is 362 g/mol. The van der Waals surface area contributed by atoms with Gasteiger partial charge in [0.15, 0.2) is 5.76 Å². The quantitative estimate of drug-likeness (QED) is 0.428. The molecule has 0 aliphatic rings. The molecule has 1 aromatic heterocycles. The molecule has 0 aliphatic carbocycles. The molecule has 0 saturated heterocycles. The lowest BCUT2D eigenvalue weighted by Gasteiger charge is -2.09. The molecule has 1 aromatic carbocycles. The lowest BCUT2D eigenvalue weighted by molar-refractivity contribution is -0.120. The van der Waals surface area contributed by atoms with Crippen LogP contribution in [0.15, 0.2) is 47.1 Å². The second kappa shape index (κ2) is 11.4. The maximum Gasteiger partial charge on any atom is 0.287 e. The van der Waals surface area contributed by atoms with Gasteiger partial charge in [-0.15, -0.1) is 0 Å². The molecule has 2 aromatic rings. The number of rotatable bonds is 10. The molecule has 0 spiro atoms.